The van der Waals surface area contributed by atoms with Crippen molar-refractivity contribution >= 4 is 32.5 Å². The second-order valence-electron chi connectivity index (χ2n) is 6.13. The number of hydrogen-bond donors (Lipinski definition) is 1. The first-order chi connectivity index (χ1) is 12.9. The van der Waals surface area contributed by atoms with Crippen LogP contribution in [0.1, 0.15) is 24.3 Å². The van der Waals surface area contributed by atoms with Crippen LogP contribution in [0.4, 0.5) is 5.69 Å². The van der Waals surface area contributed by atoms with Gasteiger partial charge in [0.2, 0.25) is 10.0 Å². The summed E-state index contributed by atoms with van der Waals surface area (Å²) in [5, 5.41) is 3.69. The van der Waals surface area contributed by atoms with E-state index in [9.17, 15) is 13.2 Å². The lowest BCUT2D eigenvalue weighted by Crippen LogP contribution is -2.30. The van der Waals surface area contributed by atoms with E-state index in [1.165, 1.54) is 21.1 Å². The van der Waals surface area contributed by atoms with Crippen molar-refractivity contribution in [2.45, 2.75) is 18.7 Å². The number of rotatable bonds is 6. The maximum atomic E-state index is 12.7. The zero-order valence-corrected chi connectivity index (χ0v) is 16.3. The van der Waals surface area contributed by atoms with E-state index < -0.39 is 15.9 Å². The molecule has 0 fully saturated rings. The highest BCUT2D eigenvalue weighted by Crippen LogP contribution is 2.20. The van der Waals surface area contributed by atoms with Crippen molar-refractivity contribution in [2.75, 3.05) is 18.4 Å². The van der Waals surface area contributed by atoms with Crippen LogP contribution in [0.15, 0.2) is 53.7 Å². The van der Waals surface area contributed by atoms with E-state index in [-0.39, 0.29) is 10.6 Å². The number of fused-ring (bicyclic) bond motifs is 1. The van der Waals surface area contributed by atoms with Crippen molar-refractivity contribution in [3.63, 3.8) is 0 Å². The zero-order valence-electron chi connectivity index (χ0n) is 15.5. The Bertz CT molecular complexity index is 1090. The molecule has 0 aliphatic rings. The van der Waals surface area contributed by atoms with Gasteiger partial charge in [0.15, 0.2) is 0 Å². The van der Waals surface area contributed by atoms with Gasteiger partial charge in [0.25, 0.3) is 5.91 Å². The van der Waals surface area contributed by atoms with Crippen molar-refractivity contribution in [2.24, 2.45) is 7.05 Å². The van der Waals surface area contributed by atoms with Crippen LogP contribution in [0, 0.1) is 0 Å². The van der Waals surface area contributed by atoms with Gasteiger partial charge in [-0.1, -0.05) is 32.0 Å². The van der Waals surface area contributed by atoms with Gasteiger partial charge in [-0.15, -0.1) is 0 Å². The number of aryl methyl sites for hydroxylation is 1. The minimum atomic E-state index is -3.62. The minimum absolute atomic E-state index is 0.107. The largest absolute Gasteiger partial charge is 0.345 e. The summed E-state index contributed by atoms with van der Waals surface area (Å²) in [6.07, 6.45) is 3.04. The number of pyridine rings is 1. The Balaban J connectivity index is 1.87. The normalized spacial score (nSPS) is 11.9. The molecule has 0 aliphatic carbocycles. The highest BCUT2D eigenvalue weighted by atomic mass is 32.2. The fourth-order valence-electron chi connectivity index (χ4n) is 2.95. The number of amides is 1. The quantitative estimate of drug-likeness (QED) is 0.706. The van der Waals surface area contributed by atoms with Gasteiger partial charge in [-0.3, -0.25) is 9.78 Å². The number of nitrogens with one attached hydrogen (secondary N) is 1. The Morgan fingerprint density at radius 1 is 1.19 bits per heavy atom. The predicted octanol–water partition coefficient (Wildman–Crippen LogP) is 2.86. The number of nitrogens with zero attached hydrogens (tertiary/aromatic N) is 3. The second-order valence-corrected chi connectivity index (χ2v) is 8.07. The van der Waals surface area contributed by atoms with Crippen LogP contribution in [0.2, 0.25) is 0 Å². The molecule has 142 valence electrons. The molecular weight excluding hydrogens is 364 g/mol. The Morgan fingerprint density at radius 3 is 2.59 bits per heavy atom. The number of benzene rings is 1. The third-order valence-corrected chi connectivity index (χ3v) is 6.42. The van der Waals surface area contributed by atoms with E-state index in [4.69, 9.17) is 0 Å². The van der Waals surface area contributed by atoms with Gasteiger partial charge in [-0.2, -0.15) is 4.31 Å². The number of carbonyl (C=O) groups is 1. The fourth-order valence-corrected chi connectivity index (χ4v) is 4.48. The van der Waals surface area contributed by atoms with Crippen LogP contribution < -0.4 is 5.32 Å². The van der Waals surface area contributed by atoms with E-state index in [1.54, 1.807) is 27.1 Å². The first kappa shape index (κ1) is 19.1. The lowest BCUT2D eigenvalue weighted by molar-refractivity contribution is 0.101. The van der Waals surface area contributed by atoms with Gasteiger partial charge in [-0.25, -0.2) is 8.42 Å². The van der Waals surface area contributed by atoms with E-state index in [2.05, 4.69) is 10.3 Å². The third-order valence-electron chi connectivity index (χ3n) is 4.40. The van der Waals surface area contributed by atoms with Gasteiger partial charge in [0, 0.05) is 31.7 Å². The summed E-state index contributed by atoms with van der Waals surface area (Å²) < 4.78 is 28.2. The van der Waals surface area contributed by atoms with Crippen molar-refractivity contribution in [1.82, 2.24) is 13.9 Å². The molecule has 0 unspecified atom stereocenters. The van der Waals surface area contributed by atoms with Crippen LogP contribution in [-0.2, 0) is 17.1 Å². The maximum Gasteiger partial charge on any atom is 0.272 e. The monoisotopic (exact) mass is 386 g/mol. The number of para-hydroxylation sites is 1. The van der Waals surface area contributed by atoms with Crippen LogP contribution in [-0.4, -0.2) is 41.3 Å². The molecule has 0 saturated carbocycles. The van der Waals surface area contributed by atoms with Crippen molar-refractivity contribution < 1.29 is 13.2 Å². The number of aromatic nitrogens is 2. The zero-order chi connectivity index (χ0) is 19.6. The van der Waals surface area contributed by atoms with Gasteiger partial charge in [0.05, 0.1) is 17.4 Å². The topological polar surface area (TPSA) is 84.3 Å². The average molecular weight is 386 g/mol. The molecule has 2 heterocycles. The minimum Gasteiger partial charge on any atom is -0.345 e. The van der Waals surface area contributed by atoms with Crippen LogP contribution >= 0.6 is 0 Å². The van der Waals surface area contributed by atoms with E-state index in [0.717, 1.165) is 10.9 Å². The number of hydrogen-bond acceptors (Lipinski definition) is 4. The Labute approximate surface area is 158 Å². The molecule has 0 bridgehead atoms. The molecule has 7 nitrogen and oxygen atoms in total. The molecule has 0 atom stereocenters. The summed E-state index contributed by atoms with van der Waals surface area (Å²) >= 11 is 0. The molecule has 1 aromatic carbocycles. The summed E-state index contributed by atoms with van der Waals surface area (Å²) in [7, 11) is -1.97. The van der Waals surface area contributed by atoms with Crippen molar-refractivity contribution in [1.29, 1.82) is 0 Å². The second kappa shape index (κ2) is 7.50. The maximum absolute atomic E-state index is 12.7. The molecule has 8 heteroatoms. The summed E-state index contributed by atoms with van der Waals surface area (Å²) in [6, 6.07) is 10.8. The van der Waals surface area contributed by atoms with Gasteiger partial charge >= 0.3 is 0 Å². The van der Waals surface area contributed by atoms with Gasteiger partial charge in [0.1, 0.15) is 10.6 Å². The van der Waals surface area contributed by atoms with Crippen molar-refractivity contribution in [3.05, 3.63) is 54.5 Å². The summed E-state index contributed by atoms with van der Waals surface area (Å²) in [4.78, 5) is 17.1. The molecule has 0 spiro atoms. The molecular formula is C19H22N4O3S. The molecule has 1 N–H and O–H groups in total. The smallest absolute Gasteiger partial charge is 0.272 e. The lowest BCUT2D eigenvalue weighted by Gasteiger charge is -2.17. The molecule has 27 heavy (non-hydrogen) atoms. The Morgan fingerprint density at radius 2 is 1.89 bits per heavy atom. The number of sulfonamides is 1. The van der Waals surface area contributed by atoms with Gasteiger partial charge in [-0.05, 0) is 18.2 Å². The summed E-state index contributed by atoms with van der Waals surface area (Å²) in [5.74, 6) is -0.393. The Kier molecular flexibility index (Phi) is 5.29. The van der Waals surface area contributed by atoms with Crippen LogP contribution in [0.3, 0.4) is 0 Å². The van der Waals surface area contributed by atoms with Gasteiger partial charge < -0.3 is 9.88 Å². The predicted molar refractivity (Wildman–Crippen MR) is 105 cm³/mol. The average Bonchev–Trinajstić information content (AvgIpc) is 3.05. The SMILES string of the molecule is CCN(CC)S(=O)(=O)c1cc(C(=O)Nc2cnc3ccccc3c2)n(C)c1. The first-order valence-electron chi connectivity index (χ1n) is 8.69. The third kappa shape index (κ3) is 3.72. The molecule has 3 aromatic rings. The molecule has 1 amide bonds. The Hall–Kier alpha value is -2.71. The number of anilines is 1. The molecule has 3 rings (SSSR count). The fraction of sp³-hybridized carbons (Fsp3) is 0.263. The highest BCUT2D eigenvalue weighted by molar-refractivity contribution is 7.89. The standard InChI is InChI=1S/C19H22N4O3S/c1-4-23(5-2)27(25,26)16-11-18(22(3)13-16)19(24)21-15-10-14-8-6-7-9-17(14)20-12-15/h6-13H,4-5H2,1-3H3,(H,21,24). The number of carbonyl (C=O) groups excluding carboxylic acids is 1. The van der Waals surface area contributed by atoms with E-state index in [1.807, 2.05) is 30.3 Å². The van der Waals surface area contributed by atoms with E-state index >= 15 is 0 Å². The molecule has 0 saturated heterocycles. The van der Waals surface area contributed by atoms with Crippen LogP contribution in [0.5, 0.6) is 0 Å². The van der Waals surface area contributed by atoms with Crippen LogP contribution in [0.25, 0.3) is 10.9 Å². The summed E-state index contributed by atoms with van der Waals surface area (Å²) in [6.45, 7) is 4.31. The first-order valence-corrected chi connectivity index (χ1v) is 10.1. The summed E-state index contributed by atoms with van der Waals surface area (Å²) in [5.41, 5.74) is 1.64. The van der Waals surface area contributed by atoms with E-state index in [0.29, 0.717) is 18.8 Å². The lowest BCUT2D eigenvalue weighted by atomic mass is 10.2. The molecule has 0 aliphatic heterocycles. The molecule has 0 radical (unpaired) electrons. The highest BCUT2D eigenvalue weighted by Gasteiger charge is 2.25. The molecule has 2 aromatic heterocycles. The van der Waals surface area contributed by atoms with Crippen molar-refractivity contribution in [3.8, 4) is 0 Å².